The Balaban J connectivity index is 0. The molecule has 6 heteroatoms. The fraction of sp³-hybridized carbons (Fsp3) is 0.267. The Labute approximate surface area is 138 Å². The van der Waals surface area contributed by atoms with Crippen LogP contribution in [0.5, 0.6) is 0 Å². The molecular formula is C15H22Cl2N2O2. The van der Waals surface area contributed by atoms with Crippen LogP contribution < -0.4 is 10.6 Å². The van der Waals surface area contributed by atoms with Gasteiger partial charge >= 0.3 is 5.97 Å². The number of carbonyl (C=O) groups is 1. The van der Waals surface area contributed by atoms with Crippen LogP contribution in [-0.2, 0) is 11.2 Å². The Morgan fingerprint density at radius 2 is 1.67 bits per heavy atom. The largest absolute Gasteiger partial charge is 0.480 e. The van der Waals surface area contributed by atoms with Crippen molar-refractivity contribution in [2.75, 3.05) is 18.0 Å². The maximum absolute atomic E-state index is 10.7. The molecule has 0 radical (unpaired) electrons. The molecular weight excluding hydrogens is 311 g/mol. The van der Waals surface area contributed by atoms with Crippen LogP contribution in [0.4, 0.5) is 5.69 Å². The van der Waals surface area contributed by atoms with Gasteiger partial charge in [0.25, 0.3) is 0 Å². The van der Waals surface area contributed by atoms with Crippen LogP contribution in [0.2, 0.25) is 0 Å². The molecule has 0 spiro atoms. The minimum absolute atomic E-state index is 0. The molecule has 0 saturated carbocycles. The number of carboxylic acids is 1. The SMILES string of the molecule is C=CCN(CC=C)c1ccc(CC(N)C(=O)O)cc1.Cl.Cl. The molecule has 0 saturated heterocycles. The maximum Gasteiger partial charge on any atom is 0.320 e. The summed E-state index contributed by atoms with van der Waals surface area (Å²) in [5.41, 5.74) is 7.47. The summed E-state index contributed by atoms with van der Waals surface area (Å²) in [5.74, 6) is -0.982. The van der Waals surface area contributed by atoms with Gasteiger partial charge in [-0.15, -0.1) is 38.0 Å². The summed E-state index contributed by atoms with van der Waals surface area (Å²) in [6.45, 7) is 8.93. The number of benzene rings is 1. The molecule has 1 unspecified atom stereocenters. The van der Waals surface area contributed by atoms with E-state index >= 15 is 0 Å². The highest BCUT2D eigenvalue weighted by Crippen LogP contribution is 2.16. The number of carboxylic acid groups (broad SMARTS) is 1. The molecule has 1 aromatic rings. The summed E-state index contributed by atoms with van der Waals surface area (Å²) in [5, 5.41) is 8.77. The van der Waals surface area contributed by atoms with Crippen molar-refractivity contribution in [3.63, 3.8) is 0 Å². The first-order valence-electron chi connectivity index (χ1n) is 6.12. The van der Waals surface area contributed by atoms with Crippen LogP contribution in [0.1, 0.15) is 5.56 Å². The van der Waals surface area contributed by atoms with Crippen LogP contribution in [0.3, 0.4) is 0 Å². The number of halogens is 2. The second kappa shape index (κ2) is 11.2. The van der Waals surface area contributed by atoms with Crippen molar-refractivity contribution in [2.24, 2.45) is 5.73 Å². The fourth-order valence-corrected chi connectivity index (χ4v) is 1.78. The number of anilines is 1. The Hall–Kier alpha value is -1.49. The van der Waals surface area contributed by atoms with Gasteiger partial charge in [-0.25, -0.2) is 0 Å². The van der Waals surface area contributed by atoms with Crippen molar-refractivity contribution in [2.45, 2.75) is 12.5 Å². The van der Waals surface area contributed by atoms with Gasteiger partial charge in [0, 0.05) is 18.8 Å². The zero-order chi connectivity index (χ0) is 14.3. The van der Waals surface area contributed by atoms with Gasteiger partial charge in [-0.3, -0.25) is 4.79 Å². The summed E-state index contributed by atoms with van der Waals surface area (Å²) in [4.78, 5) is 12.8. The lowest BCUT2D eigenvalue weighted by molar-refractivity contribution is -0.138. The van der Waals surface area contributed by atoms with Gasteiger partial charge < -0.3 is 15.7 Å². The Morgan fingerprint density at radius 1 is 1.19 bits per heavy atom. The highest BCUT2D eigenvalue weighted by molar-refractivity contribution is 5.85. The van der Waals surface area contributed by atoms with Crippen LogP contribution >= 0.6 is 24.8 Å². The van der Waals surface area contributed by atoms with Crippen LogP contribution in [0.15, 0.2) is 49.6 Å². The van der Waals surface area contributed by atoms with E-state index in [0.717, 1.165) is 24.3 Å². The summed E-state index contributed by atoms with van der Waals surface area (Å²) in [7, 11) is 0. The van der Waals surface area contributed by atoms with Gasteiger partial charge in [0.15, 0.2) is 0 Å². The first-order chi connectivity index (χ1) is 9.08. The molecule has 4 nitrogen and oxygen atoms in total. The van der Waals surface area contributed by atoms with Gasteiger partial charge in [0.1, 0.15) is 6.04 Å². The lowest BCUT2D eigenvalue weighted by atomic mass is 10.1. The third-order valence-electron chi connectivity index (χ3n) is 2.77. The number of nitrogens with two attached hydrogens (primary N) is 1. The molecule has 118 valence electrons. The minimum atomic E-state index is -0.982. The lowest BCUT2D eigenvalue weighted by Crippen LogP contribution is -2.32. The average molecular weight is 333 g/mol. The van der Waals surface area contributed by atoms with Gasteiger partial charge in [-0.2, -0.15) is 0 Å². The van der Waals surface area contributed by atoms with Crippen molar-refractivity contribution in [1.82, 2.24) is 0 Å². The van der Waals surface area contributed by atoms with E-state index in [0.29, 0.717) is 6.42 Å². The first kappa shape index (κ1) is 21.8. The fourth-order valence-electron chi connectivity index (χ4n) is 1.78. The molecule has 1 atom stereocenters. The van der Waals surface area contributed by atoms with Crippen molar-refractivity contribution in [1.29, 1.82) is 0 Å². The Kier molecular flexibility index (Phi) is 11.6. The normalized spacial score (nSPS) is 10.5. The van der Waals surface area contributed by atoms with Crippen molar-refractivity contribution < 1.29 is 9.90 Å². The number of nitrogens with zero attached hydrogens (tertiary/aromatic N) is 1. The van der Waals surface area contributed by atoms with E-state index in [1.807, 2.05) is 36.4 Å². The standard InChI is InChI=1S/C15H20N2O2.2ClH/c1-3-9-17(10-4-2)13-7-5-12(6-8-13)11-14(16)15(18)19;;/h3-8,14H,1-2,9-11,16H2,(H,18,19);2*1H. The predicted octanol–water partition coefficient (Wildman–Crippen LogP) is 2.66. The molecule has 0 aromatic heterocycles. The second-order valence-corrected chi connectivity index (χ2v) is 4.30. The molecule has 0 bridgehead atoms. The van der Waals surface area contributed by atoms with E-state index in [1.165, 1.54) is 0 Å². The molecule has 3 N–H and O–H groups in total. The number of hydrogen-bond donors (Lipinski definition) is 2. The van der Waals surface area contributed by atoms with Gasteiger partial charge in [-0.05, 0) is 24.1 Å². The summed E-state index contributed by atoms with van der Waals surface area (Å²) >= 11 is 0. The molecule has 0 fully saturated rings. The van der Waals surface area contributed by atoms with Crippen LogP contribution in [-0.4, -0.2) is 30.2 Å². The van der Waals surface area contributed by atoms with E-state index in [1.54, 1.807) is 0 Å². The van der Waals surface area contributed by atoms with Crippen molar-refractivity contribution in [3.8, 4) is 0 Å². The van der Waals surface area contributed by atoms with E-state index in [9.17, 15) is 4.79 Å². The molecule has 21 heavy (non-hydrogen) atoms. The van der Waals surface area contributed by atoms with Gasteiger partial charge in [0.05, 0.1) is 0 Å². The van der Waals surface area contributed by atoms with Crippen LogP contribution in [0, 0.1) is 0 Å². The minimum Gasteiger partial charge on any atom is -0.480 e. The van der Waals surface area contributed by atoms with Gasteiger partial charge in [0.2, 0.25) is 0 Å². The van der Waals surface area contributed by atoms with E-state index in [-0.39, 0.29) is 24.8 Å². The van der Waals surface area contributed by atoms with Crippen LogP contribution in [0.25, 0.3) is 0 Å². The van der Waals surface area contributed by atoms with E-state index < -0.39 is 12.0 Å². The number of aliphatic carboxylic acids is 1. The molecule has 0 heterocycles. The topological polar surface area (TPSA) is 66.6 Å². The van der Waals surface area contributed by atoms with Crippen molar-refractivity contribution in [3.05, 3.63) is 55.1 Å². The van der Waals surface area contributed by atoms with E-state index in [2.05, 4.69) is 18.1 Å². The highest BCUT2D eigenvalue weighted by atomic mass is 35.5. The van der Waals surface area contributed by atoms with Crippen molar-refractivity contribution >= 4 is 36.5 Å². The first-order valence-corrected chi connectivity index (χ1v) is 6.12. The quantitative estimate of drug-likeness (QED) is 0.718. The maximum atomic E-state index is 10.7. The smallest absolute Gasteiger partial charge is 0.320 e. The van der Waals surface area contributed by atoms with Gasteiger partial charge in [-0.1, -0.05) is 24.3 Å². The Bertz CT molecular complexity index is 439. The molecule has 0 amide bonds. The Morgan fingerprint density at radius 3 is 2.05 bits per heavy atom. The number of hydrogen-bond acceptors (Lipinski definition) is 3. The number of rotatable bonds is 8. The molecule has 0 aliphatic carbocycles. The predicted molar refractivity (Wildman–Crippen MR) is 92.9 cm³/mol. The second-order valence-electron chi connectivity index (χ2n) is 4.30. The van der Waals surface area contributed by atoms with E-state index in [4.69, 9.17) is 10.8 Å². The molecule has 1 rings (SSSR count). The monoisotopic (exact) mass is 332 g/mol. The molecule has 0 aliphatic heterocycles. The zero-order valence-corrected chi connectivity index (χ0v) is 13.4. The third-order valence-corrected chi connectivity index (χ3v) is 2.77. The molecule has 1 aromatic carbocycles. The molecule has 0 aliphatic rings. The highest BCUT2D eigenvalue weighted by Gasteiger charge is 2.12. The average Bonchev–Trinajstić information content (AvgIpc) is 2.39. The summed E-state index contributed by atoms with van der Waals surface area (Å²) < 4.78 is 0. The summed E-state index contributed by atoms with van der Waals surface area (Å²) in [6.07, 6.45) is 3.99. The lowest BCUT2D eigenvalue weighted by Gasteiger charge is -2.21. The summed E-state index contributed by atoms with van der Waals surface area (Å²) in [6, 6.07) is 6.85. The third kappa shape index (κ3) is 7.18. The zero-order valence-electron chi connectivity index (χ0n) is 11.8.